The highest BCUT2D eigenvalue weighted by Crippen LogP contribution is 2.56. The summed E-state index contributed by atoms with van der Waals surface area (Å²) in [6.07, 6.45) is 1.87. The molecule has 0 amide bonds. The van der Waals surface area contributed by atoms with Gasteiger partial charge in [0.05, 0.1) is 5.92 Å². The lowest BCUT2D eigenvalue weighted by Crippen LogP contribution is -2.37. The second-order valence-electron chi connectivity index (χ2n) is 12.4. The van der Waals surface area contributed by atoms with Crippen LogP contribution >= 0.6 is 0 Å². The first-order valence-corrected chi connectivity index (χ1v) is 15.2. The van der Waals surface area contributed by atoms with Crippen molar-refractivity contribution in [3.63, 3.8) is 0 Å². The van der Waals surface area contributed by atoms with Crippen molar-refractivity contribution in [1.29, 1.82) is 0 Å². The summed E-state index contributed by atoms with van der Waals surface area (Å²) in [6.45, 7) is 10.8. The highest BCUT2D eigenvalue weighted by molar-refractivity contribution is 5.93. The smallest absolute Gasteiger partial charge is 0.330 e. The molecule has 44 heavy (non-hydrogen) atoms. The number of benzene rings is 4. The quantitative estimate of drug-likeness (QED) is 0.108. The Balaban J connectivity index is 1.11. The molecule has 3 aliphatic rings. The van der Waals surface area contributed by atoms with Crippen molar-refractivity contribution in [1.82, 2.24) is 0 Å². The predicted molar refractivity (Wildman–Crippen MR) is 170 cm³/mol. The standard InChI is InChI=1S/C38H38O6/c1-5-35(39)43-20-18-41-33-16-17-34(27-12-8-7-11-26(27)33)42-19-21-44-37(40)32-23-31-25-10-6-9-13-28(25)36(32)29-15-14-24(22-30(29)31)38(2,3)4/h5-17,22,31-32,36H,1,18-21,23H2,2-4H3. The summed E-state index contributed by atoms with van der Waals surface area (Å²) in [6, 6.07) is 26.8. The van der Waals surface area contributed by atoms with Crippen LogP contribution in [0.25, 0.3) is 10.8 Å². The minimum absolute atomic E-state index is 0.00887. The maximum Gasteiger partial charge on any atom is 0.330 e. The third kappa shape index (κ3) is 5.69. The maximum atomic E-state index is 13.6. The molecule has 0 radical (unpaired) electrons. The van der Waals surface area contributed by atoms with Crippen LogP contribution in [0, 0.1) is 5.92 Å². The van der Waals surface area contributed by atoms with Gasteiger partial charge in [-0.05, 0) is 51.8 Å². The number of carbonyl (C=O) groups is 2. The molecule has 226 valence electrons. The van der Waals surface area contributed by atoms with E-state index in [0.717, 1.165) is 23.3 Å². The van der Waals surface area contributed by atoms with Gasteiger partial charge in [-0.25, -0.2) is 4.79 Å². The topological polar surface area (TPSA) is 71.1 Å². The monoisotopic (exact) mass is 590 g/mol. The molecule has 0 aliphatic heterocycles. The van der Waals surface area contributed by atoms with E-state index in [4.69, 9.17) is 18.9 Å². The lowest BCUT2D eigenvalue weighted by Gasteiger charge is -2.45. The van der Waals surface area contributed by atoms with Crippen LogP contribution in [0.15, 0.2) is 91.5 Å². The Morgan fingerprint density at radius 1 is 0.750 bits per heavy atom. The molecular weight excluding hydrogens is 552 g/mol. The molecule has 0 N–H and O–H groups in total. The fourth-order valence-corrected chi connectivity index (χ4v) is 6.63. The number of hydrogen-bond donors (Lipinski definition) is 0. The molecular formula is C38H38O6. The molecule has 0 spiro atoms. The van der Waals surface area contributed by atoms with E-state index in [1.807, 2.05) is 36.4 Å². The SMILES string of the molecule is C=CC(=O)OCCOc1ccc(OCCOC(=O)C2CC3c4ccccc4C2c2ccc(C(C)(C)C)cc23)c2ccccc12. The fraction of sp³-hybridized carbons (Fsp3) is 0.316. The van der Waals surface area contributed by atoms with Gasteiger partial charge >= 0.3 is 11.9 Å². The Morgan fingerprint density at radius 2 is 1.34 bits per heavy atom. The van der Waals surface area contributed by atoms with Crippen molar-refractivity contribution in [3.8, 4) is 11.5 Å². The summed E-state index contributed by atoms with van der Waals surface area (Å²) < 4.78 is 22.8. The molecule has 0 aromatic heterocycles. The molecule has 0 heterocycles. The van der Waals surface area contributed by atoms with Gasteiger partial charge in [-0.15, -0.1) is 0 Å². The maximum absolute atomic E-state index is 13.6. The van der Waals surface area contributed by atoms with E-state index in [2.05, 4.69) is 69.8 Å². The van der Waals surface area contributed by atoms with Crippen LogP contribution in [-0.4, -0.2) is 38.4 Å². The van der Waals surface area contributed by atoms with Crippen molar-refractivity contribution in [3.05, 3.63) is 119 Å². The normalized spacial score (nSPS) is 18.2. The summed E-state index contributed by atoms with van der Waals surface area (Å²) >= 11 is 0. The average Bonchev–Trinajstić information content (AvgIpc) is 3.04. The van der Waals surface area contributed by atoms with E-state index in [1.54, 1.807) is 0 Å². The van der Waals surface area contributed by atoms with Gasteiger partial charge in [0.15, 0.2) is 0 Å². The van der Waals surface area contributed by atoms with Crippen molar-refractivity contribution < 1.29 is 28.5 Å². The van der Waals surface area contributed by atoms with Crippen LogP contribution in [0.1, 0.15) is 66.8 Å². The Labute approximate surface area is 258 Å². The van der Waals surface area contributed by atoms with E-state index in [-0.39, 0.29) is 55.6 Å². The molecule has 7 rings (SSSR count). The van der Waals surface area contributed by atoms with Crippen LogP contribution in [0.3, 0.4) is 0 Å². The summed E-state index contributed by atoms with van der Waals surface area (Å²) in [7, 11) is 0. The molecule has 3 atom stereocenters. The summed E-state index contributed by atoms with van der Waals surface area (Å²) in [5, 5.41) is 1.76. The van der Waals surface area contributed by atoms with Crippen LogP contribution in [0.4, 0.5) is 0 Å². The second kappa shape index (κ2) is 12.2. The van der Waals surface area contributed by atoms with Gasteiger partial charge in [0.2, 0.25) is 0 Å². The minimum atomic E-state index is -0.483. The zero-order chi connectivity index (χ0) is 30.8. The van der Waals surface area contributed by atoms with Crippen molar-refractivity contribution in [2.24, 2.45) is 5.92 Å². The molecule has 3 unspecified atom stereocenters. The third-order valence-corrected chi connectivity index (χ3v) is 8.75. The number of carbonyl (C=O) groups excluding carboxylic acids is 2. The number of esters is 2. The lowest BCUT2D eigenvalue weighted by atomic mass is 9.58. The Hall–Kier alpha value is -4.58. The van der Waals surface area contributed by atoms with Gasteiger partial charge in [0.25, 0.3) is 0 Å². The van der Waals surface area contributed by atoms with Crippen LogP contribution in [0.5, 0.6) is 11.5 Å². The van der Waals surface area contributed by atoms with E-state index in [9.17, 15) is 9.59 Å². The van der Waals surface area contributed by atoms with Gasteiger partial charge in [-0.3, -0.25) is 4.79 Å². The molecule has 2 bridgehead atoms. The first-order chi connectivity index (χ1) is 21.3. The zero-order valence-electron chi connectivity index (χ0n) is 25.5. The number of ether oxygens (including phenoxy) is 4. The van der Waals surface area contributed by atoms with Gasteiger partial charge < -0.3 is 18.9 Å². The van der Waals surface area contributed by atoms with Crippen molar-refractivity contribution >= 4 is 22.7 Å². The summed E-state index contributed by atoms with van der Waals surface area (Å²) in [5.41, 5.74) is 6.55. The Kier molecular flexibility index (Phi) is 8.17. The fourth-order valence-electron chi connectivity index (χ4n) is 6.63. The highest BCUT2D eigenvalue weighted by Gasteiger charge is 2.47. The van der Waals surface area contributed by atoms with E-state index >= 15 is 0 Å². The molecule has 0 saturated carbocycles. The Morgan fingerprint density at radius 3 is 1.98 bits per heavy atom. The number of rotatable bonds is 10. The van der Waals surface area contributed by atoms with Gasteiger partial charge in [-0.2, -0.15) is 0 Å². The number of hydrogen-bond acceptors (Lipinski definition) is 6. The average molecular weight is 591 g/mol. The van der Waals surface area contributed by atoms with Crippen LogP contribution in [-0.2, 0) is 24.5 Å². The zero-order valence-corrected chi connectivity index (χ0v) is 25.5. The largest absolute Gasteiger partial charge is 0.489 e. The van der Waals surface area contributed by atoms with Gasteiger partial charge in [0, 0.05) is 28.7 Å². The molecule has 0 saturated heterocycles. The predicted octanol–water partition coefficient (Wildman–Crippen LogP) is 7.46. The highest BCUT2D eigenvalue weighted by atomic mass is 16.6. The Bertz CT molecular complexity index is 1710. The van der Waals surface area contributed by atoms with Crippen LogP contribution < -0.4 is 9.47 Å². The van der Waals surface area contributed by atoms with E-state index in [1.165, 1.54) is 27.8 Å². The second-order valence-corrected chi connectivity index (χ2v) is 12.4. The summed E-state index contributed by atoms with van der Waals surface area (Å²) in [4.78, 5) is 24.8. The molecule has 6 heteroatoms. The first-order valence-electron chi connectivity index (χ1n) is 15.2. The molecule has 4 aromatic carbocycles. The summed E-state index contributed by atoms with van der Waals surface area (Å²) in [5.74, 6) is 0.630. The first kappa shape index (κ1) is 29.5. The van der Waals surface area contributed by atoms with E-state index in [0.29, 0.717) is 11.5 Å². The van der Waals surface area contributed by atoms with Gasteiger partial charge in [0.1, 0.15) is 37.9 Å². The number of fused-ring (bicyclic) bond motifs is 2. The van der Waals surface area contributed by atoms with Crippen molar-refractivity contribution in [2.45, 2.75) is 44.4 Å². The molecule has 6 nitrogen and oxygen atoms in total. The molecule has 0 fully saturated rings. The molecule has 3 aliphatic carbocycles. The molecule has 4 aromatic rings. The lowest BCUT2D eigenvalue weighted by molar-refractivity contribution is -0.150. The van der Waals surface area contributed by atoms with E-state index < -0.39 is 5.97 Å². The van der Waals surface area contributed by atoms with Crippen molar-refractivity contribution in [2.75, 3.05) is 26.4 Å². The van der Waals surface area contributed by atoms with Gasteiger partial charge in [-0.1, -0.05) is 94.1 Å². The third-order valence-electron chi connectivity index (χ3n) is 8.75. The van der Waals surface area contributed by atoms with Crippen LogP contribution in [0.2, 0.25) is 0 Å². The minimum Gasteiger partial charge on any atom is -0.489 e.